The Hall–Kier alpha value is -1.39. The van der Waals surface area contributed by atoms with Crippen LogP contribution >= 0.6 is 31.9 Å². The number of nitrogens with one attached hydrogen (secondary N) is 1. The van der Waals surface area contributed by atoms with Crippen molar-refractivity contribution in [2.45, 2.75) is 6.54 Å². The summed E-state index contributed by atoms with van der Waals surface area (Å²) in [4.78, 5) is 4.37. The highest BCUT2D eigenvalue weighted by Gasteiger charge is 2.02. The molecule has 3 aromatic rings. The Balaban J connectivity index is 1.85. The molecule has 0 bridgehead atoms. The van der Waals surface area contributed by atoms with Crippen LogP contribution < -0.4 is 5.32 Å². The van der Waals surface area contributed by atoms with E-state index in [0.29, 0.717) is 0 Å². The predicted molar refractivity (Wildman–Crippen MR) is 90.9 cm³/mol. The summed E-state index contributed by atoms with van der Waals surface area (Å²) >= 11 is 7.01. The van der Waals surface area contributed by atoms with Gasteiger partial charge in [0.25, 0.3) is 0 Å². The SMILES string of the molecule is Brc1ccc(CNc2cccc3ncccc23)cc1Br. The van der Waals surface area contributed by atoms with Crippen molar-refractivity contribution in [1.82, 2.24) is 4.98 Å². The summed E-state index contributed by atoms with van der Waals surface area (Å²) in [6.07, 6.45) is 1.82. The van der Waals surface area contributed by atoms with Gasteiger partial charge in [0.05, 0.1) is 5.52 Å². The second kappa shape index (κ2) is 5.94. The van der Waals surface area contributed by atoms with Crippen molar-refractivity contribution in [3.8, 4) is 0 Å². The molecule has 2 nitrogen and oxygen atoms in total. The molecule has 1 aromatic heterocycles. The van der Waals surface area contributed by atoms with Crippen molar-refractivity contribution < 1.29 is 0 Å². The first kappa shape index (κ1) is 13.6. The Morgan fingerprint density at radius 2 is 1.85 bits per heavy atom. The summed E-state index contributed by atoms with van der Waals surface area (Å²) < 4.78 is 2.13. The first-order valence-electron chi connectivity index (χ1n) is 6.25. The number of benzene rings is 2. The van der Waals surface area contributed by atoms with Gasteiger partial charge in [0.2, 0.25) is 0 Å². The number of nitrogens with zero attached hydrogens (tertiary/aromatic N) is 1. The van der Waals surface area contributed by atoms with Gasteiger partial charge in [-0.25, -0.2) is 0 Å². The first-order valence-corrected chi connectivity index (χ1v) is 7.84. The van der Waals surface area contributed by atoms with Gasteiger partial charge in [0.15, 0.2) is 0 Å². The fraction of sp³-hybridized carbons (Fsp3) is 0.0625. The number of anilines is 1. The molecule has 0 saturated carbocycles. The minimum absolute atomic E-state index is 0.778. The van der Waals surface area contributed by atoms with E-state index in [1.54, 1.807) is 0 Å². The highest BCUT2D eigenvalue weighted by atomic mass is 79.9. The average Bonchev–Trinajstić information content (AvgIpc) is 2.48. The maximum Gasteiger partial charge on any atom is 0.0722 e. The molecule has 1 N–H and O–H groups in total. The molecule has 0 fully saturated rings. The Morgan fingerprint density at radius 3 is 2.70 bits per heavy atom. The van der Waals surface area contributed by atoms with E-state index in [4.69, 9.17) is 0 Å². The van der Waals surface area contributed by atoms with Crippen molar-refractivity contribution in [2.24, 2.45) is 0 Å². The number of hydrogen-bond donors (Lipinski definition) is 1. The lowest BCUT2D eigenvalue weighted by atomic mass is 10.1. The highest BCUT2D eigenvalue weighted by molar-refractivity contribution is 9.13. The van der Waals surface area contributed by atoms with Crippen LogP contribution in [0.15, 0.2) is 63.7 Å². The lowest BCUT2D eigenvalue weighted by molar-refractivity contribution is 1.15. The van der Waals surface area contributed by atoms with Crippen molar-refractivity contribution in [3.05, 3.63) is 69.2 Å². The zero-order valence-electron chi connectivity index (χ0n) is 10.6. The minimum atomic E-state index is 0.778. The Bertz CT molecular complexity index is 751. The van der Waals surface area contributed by atoms with Gasteiger partial charge in [-0.15, -0.1) is 0 Å². The fourth-order valence-electron chi connectivity index (χ4n) is 2.10. The second-order valence-corrected chi connectivity index (χ2v) is 6.19. The molecule has 1 heterocycles. The van der Waals surface area contributed by atoms with Crippen LogP contribution in [0.4, 0.5) is 5.69 Å². The van der Waals surface area contributed by atoms with E-state index in [2.05, 4.69) is 66.4 Å². The largest absolute Gasteiger partial charge is 0.380 e. The fourth-order valence-corrected chi connectivity index (χ4v) is 2.78. The summed E-state index contributed by atoms with van der Waals surface area (Å²) in [5.41, 5.74) is 3.34. The van der Waals surface area contributed by atoms with Gasteiger partial charge in [-0.1, -0.05) is 12.1 Å². The van der Waals surface area contributed by atoms with E-state index >= 15 is 0 Å². The Labute approximate surface area is 134 Å². The van der Waals surface area contributed by atoms with E-state index in [-0.39, 0.29) is 0 Å². The van der Waals surface area contributed by atoms with Gasteiger partial charge < -0.3 is 5.32 Å². The number of pyridine rings is 1. The number of fused-ring (bicyclic) bond motifs is 1. The quantitative estimate of drug-likeness (QED) is 0.648. The maximum absolute atomic E-state index is 4.37. The summed E-state index contributed by atoms with van der Waals surface area (Å²) in [5, 5.41) is 4.62. The first-order chi connectivity index (χ1) is 9.74. The van der Waals surface area contributed by atoms with Crippen LogP contribution in [-0.4, -0.2) is 4.98 Å². The Morgan fingerprint density at radius 1 is 0.950 bits per heavy atom. The number of halogens is 2. The number of aromatic nitrogens is 1. The summed E-state index contributed by atoms with van der Waals surface area (Å²) in [7, 11) is 0. The number of rotatable bonds is 3. The van der Waals surface area contributed by atoms with Crippen LogP contribution in [0.25, 0.3) is 10.9 Å². The molecule has 0 saturated heterocycles. The standard InChI is InChI=1S/C16H12Br2N2/c17-13-7-6-11(9-14(13)18)10-20-16-5-1-4-15-12(16)3-2-8-19-15/h1-9,20H,10H2. The van der Waals surface area contributed by atoms with E-state index < -0.39 is 0 Å². The summed E-state index contributed by atoms with van der Waals surface area (Å²) in [6, 6.07) is 16.4. The summed E-state index contributed by atoms with van der Waals surface area (Å²) in [5.74, 6) is 0. The Kier molecular flexibility index (Phi) is 4.03. The smallest absolute Gasteiger partial charge is 0.0722 e. The van der Waals surface area contributed by atoms with Gasteiger partial charge in [-0.2, -0.15) is 0 Å². The summed E-state index contributed by atoms with van der Waals surface area (Å²) in [6.45, 7) is 0.778. The molecule has 4 heteroatoms. The maximum atomic E-state index is 4.37. The van der Waals surface area contributed by atoms with Crippen LogP contribution in [0.3, 0.4) is 0 Å². The van der Waals surface area contributed by atoms with E-state index in [1.165, 1.54) is 5.56 Å². The topological polar surface area (TPSA) is 24.9 Å². The molecule has 0 spiro atoms. The van der Waals surface area contributed by atoms with Crippen LogP contribution in [0, 0.1) is 0 Å². The zero-order valence-corrected chi connectivity index (χ0v) is 13.8. The third-order valence-electron chi connectivity index (χ3n) is 3.11. The third-order valence-corrected chi connectivity index (χ3v) is 4.99. The van der Waals surface area contributed by atoms with Gasteiger partial charge >= 0.3 is 0 Å². The van der Waals surface area contributed by atoms with Gasteiger partial charge in [0.1, 0.15) is 0 Å². The molecule has 0 radical (unpaired) electrons. The van der Waals surface area contributed by atoms with Crippen molar-refractivity contribution in [1.29, 1.82) is 0 Å². The average molecular weight is 392 g/mol. The normalized spacial score (nSPS) is 10.7. The lowest BCUT2D eigenvalue weighted by Gasteiger charge is -2.10. The van der Waals surface area contributed by atoms with Crippen molar-refractivity contribution >= 4 is 48.5 Å². The molecule has 0 aliphatic heterocycles. The van der Waals surface area contributed by atoms with Crippen LogP contribution in [0.5, 0.6) is 0 Å². The van der Waals surface area contributed by atoms with Gasteiger partial charge in [0, 0.05) is 32.8 Å². The minimum Gasteiger partial charge on any atom is -0.380 e. The molecular weight excluding hydrogens is 380 g/mol. The van der Waals surface area contributed by atoms with Crippen LogP contribution in [-0.2, 0) is 6.54 Å². The van der Waals surface area contributed by atoms with E-state index in [1.807, 2.05) is 30.5 Å². The van der Waals surface area contributed by atoms with Crippen molar-refractivity contribution in [2.75, 3.05) is 5.32 Å². The van der Waals surface area contributed by atoms with Crippen LogP contribution in [0.1, 0.15) is 5.56 Å². The molecule has 3 rings (SSSR count). The van der Waals surface area contributed by atoms with Gasteiger partial charge in [-0.05, 0) is 73.8 Å². The monoisotopic (exact) mass is 390 g/mol. The van der Waals surface area contributed by atoms with E-state index in [9.17, 15) is 0 Å². The van der Waals surface area contributed by atoms with Gasteiger partial charge in [-0.3, -0.25) is 4.98 Å². The van der Waals surface area contributed by atoms with Crippen LogP contribution in [0.2, 0.25) is 0 Å². The molecule has 0 aliphatic rings. The molecule has 20 heavy (non-hydrogen) atoms. The van der Waals surface area contributed by atoms with Crippen molar-refractivity contribution in [3.63, 3.8) is 0 Å². The molecule has 2 aromatic carbocycles. The predicted octanol–water partition coefficient (Wildman–Crippen LogP) is 5.37. The molecule has 100 valence electrons. The zero-order chi connectivity index (χ0) is 13.9. The lowest BCUT2D eigenvalue weighted by Crippen LogP contribution is -2.00. The molecule has 0 amide bonds. The second-order valence-electron chi connectivity index (χ2n) is 4.48. The van der Waals surface area contributed by atoms with E-state index in [0.717, 1.165) is 32.1 Å². The molecule has 0 unspecified atom stereocenters. The molecule has 0 aliphatic carbocycles. The third kappa shape index (κ3) is 2.86. The molecule has 0 atom stereocenters. The molecular formula is C16H12Br2N2. The number of hydrogen-bond acceptors (Lipinski definition) is 2. The highest BCUT2D eigenvalue weighted by Crippen LogP contribution is 2.25.